The van der Waals surface area contributed by atoms with Crippen molar-refractivity contribution in [1.29, 1.82) is 0 Å². The lowest BCUT2D eigenvalue weighted by molar-refractivity contribution is 0.0115. The predicted molar refractivity (Wildman–Crippen MR) is 142 cm³/mol. The molecule has 8 nitrogen and oxygen atoms in total. The molecular formula is C26H33FN6O2S. The van der Waals surface area contributed by atoms with E-state index in [0.29, 0.717) is 23.1 Å². The number of hydrogen-bond acceptors (Lipinski definition) is 7. The highest BCUT2D eigenvalue weighted by Gasteiger charge is 2.29. The Morgan fingerprint density at radius 3 is 2.47 bits per heavy atom. The van der Waals surface area contributed by atoms with Crippen LogP contribution < -0.4 is 9.62 Å². The van der Waals surface area contributed by atoms with Crippen LogP contribution in [0.15, 0.2) is 30.3 Å². The van der Waals surface area contributed by atoms with Crippen LogP contribution in [0, 0.1) is 5.82 Å². The van der Waals surface area contributed by atoms with Gasteiger partial charge in [0.25, 0.3) is 5.91 Å². The number of morpholine rings is 1. The van der Waals surface area contributed by atoms with E-state index in [2.05, 4.69) is 28.4 Å². The van der Waals surface area contributed by atoms with E-state index >= 15 is 0 Å². The van der Waals surface area contributed by atoms with Crippen LogP contribution in [-0.2, 0) is 4.74 Å². The number of carbonyl (C=O) groups is 1. The number of pyridine rings is 1. The van der Waals surface area contributed by atoms with Gasteiger partial charge in [0, 0.05) is 38.5 Å². The summed E-state index contributed by atoms with van der Waals surface area (Å²) >= 11 is 1.25. The minimum atomic E-state index is -0.309. The maximum absolute atomic E-state index is 13.7. The molecule has 1 N–H and O–H groups in total. The van der Waals surface area contributed by atoms with E-state index in [1.165, 1.54) is 24.1 Å². The smallest absolute Gasteiger partial charge is 0.279 e. The van der Waals surface area contributed by atoms with E-state index in [1.54, 1.807) is 16.8 Å². The van der Waals surface area contributed by atoms with E-state index in [0.717, 1.165) is 69.0 Å². The SMILES string of the molecule is CSNC(=O)c1cc(N2CCC(N3CCOCC3)CC2)c2c(C(C)C)nn(-c3ccc(F)cc3)c2n1. The van der Waals surface area contributed by atoms with Gasteiger partial charge < -0.3 is 9.64 Å². The monoisotopic (exact) mass is 512 g/mol. The molecule has 3 aromatic rings. The zero-order valence-corrected chi connectivity index (χ0v) is 21.9. The molecular weight excluding hydrogens is 479 g/mol. The maximum atomic E-state index is 13.7. The van der Waals surface area contributed by atoms with Crippen LogP contribution in [0.2, 0.25) is 0 Å². The molecule has 0 bridgehead atoms. The van der Waals surface area contributed by atoms with Crippen LogP contribution in [0.4, 0.5) is 10.1 Å². The second kappa shape index (κ2) is 10.7. The Morgan fingerprint density at radius 1 is 1.14 bits per heavy atom. The van der Waals surface area contributed by atoms with Gasteiger partial charge in [-0.25, -0.2) is 14.1 Å². The highest BCUT2D eigenvalue weighted by molar-refractivity contribution is 7.97. The van der Waals surface area contributed by atoms with Gasteiger partial charge in [0.05, 0.1) is 35.7 Å². The first-order chi connectivity index (χ1) is 17.5. The average molecular weight is 513 g/mol. The summed E-state index contributed by atoms with van der Waals surface area (Å²) in [7, 11) is 0. The maximum Gasteiger partial charge on any atom is 0.279 e. The summed E-state index contributed by atoms with van der Waals surface area (Å²) in [6.07, 6.45) is 3.92. The van der Waals surface area contributed by atoms with Gasteiger partial charge in [-0.1, -0.05) is 25.8 Å². The third kappa shape index (κ3) is 4.94. The molecule has 2 aliphatic rings. The van der Waals surface area contributed by atoms with Crippen molar-refractivity contribution in [3.63, 3.8) is 0 Å². The van der Waals surface area contributed by atoms with Crippen LogP contribution in [0.3, 0.4) is 0 Å². The Hall–Kier alpha value is -2.69. The summed E-state index contributed by atoms with van der Waals surface area (Å²) in [6.45, 7) is 9.60. The fourth-order valence-electron chi connectivity index (χ4n) is 5.21. The lowest BCUT2D eigenvalue weighted by Gasteiger charge is -2.41. The highest BCUT2D eigenvalue weighted by Crippen LogP contribution is 2.36. The molecule has 2 fully saturated rings. The number of rotatable bonds is 6. The van der Waals surface area contributed by atoms with E-state index in [9.17, 15) is 9.18 Å². The van der Waals surface area contributed by atoms with Crippen molar-refractivity contribution >= 4 is 34.6 Å². The zero-order chi connectivity index (χ0) is 25.2. The molecule has 0 aliphatic carbocycles. The molecule has 10 heteroatoms. The van der Waals surface area contributed by atoms with Crippen molar-refractivity contribution in [2.45, 2.75) is 38.6 Å². The summed E-state index contributed by atoms with van der Waals surface area (Å²) in [5, 5.41) is 5.88. The van der Waals surface area contributed by atoms with Gasteiger partial charge in [0.2, 0.25) is 0 Å². The first kappa shape index (κ1) is 25.0. The van der Waals surface area contributed by atoms with E-state index in [1.807, 2.05) is 12.3 Å². The lowest BCUT2D eigenvalue weighted by Crippen LogP contribution is -2.49. The molecule has 2 aliphatic heterocycles. The summed E-state index contributed by atoms with van der Waals surface area (Å²) in [6, 6.07) is 8.67. The second-order valence-electron chi connectivity index (χ2n) is 9.66. The molecule has 1 aromatic carbocycles. The number of hydrogen-bond donors (Lipinski definition) is 1. The van der Waals surface area contributed by atoms with Gasteiger partial charge in [-0.15, -0.1) is 0 Å². The van der Waals surface area contributed by atoms with Gasteiger partial charge in [0.15, 0.2) is 5.65 Å². The number of fused-ring (bicyclic) bond motifs is 1. The van der Waals surface area contributed by atoms with Gasteiger partial charge in [-0.05, 0) is 49.1 Å². The van der Waals surface area contributed by atoms with Crippen molar-refractivity contribution in [2.75, 3.05) is 50.5 Å². The van der Waals surface area contributed by atoms with Gasteiger partial charge in [-0.3, -0.25) is 14.4 Å². The Balaban J connectivity index is 1.58. The summed E-state index contributed by atoms with van der Waals surface area (Å²) < 4.78 is 23.7. The van der Waals surface area contributed by atoms with E-state index in [-0.39, 0.29) is 17.6 Å². The topological polar surface area (TPSA) is 75.5 Å². The number of benzene rings is 1. The number of anilines is 1. The molecule has 0 unspecified atom stereocenters. The van der Waals surface area contributed by atoms with Crippen LogP contribution in [0.1, 0.15) is 48.8 Å². The number of halogens is 1. The number of ether oxygens (including phenoxy) is 1. The summed E-state index contributed by atoms with van der Waals surface area (Å²) in [5.41, 5.74) is 3.58. The Morgan fingerprint density at radius 2 is 1.83 bits per heavy atom. The van der Waals surface area contributed by atoms with Crippen LogP contribution >= 0.6 is 11.9 Å². The van der Waals surface area contributed by atoms with Crippen molar-refractivity contribution in [1.82, 2.24) is 24.4 Å². The van der Waals surface area contributed by atoms with Crippen molar-refractivity contribution in [3.05, 3.63) is 47.5 Å². The molecule has 0 atom stereocenters. The standard InChI is InChI=1S/C26H33FN6O2S/c1-17(2)24-23-22(32-10-8-19(9-11-32)31-12-14-35-15-13-31)16-21(26(34)30-36-3)28-25(23)33(29-24)20-6-4-18(27)5-7-20/h4-7,16-17,19H,8-15H2,1-3H3,(H,30,34). The number of aromatic nitrogens is 3. The highest BCUT2D eigenvalue weighted by atomic mass is 32.2. The number of nitrogens with zero attached hydrogens (tertiary/aromatic N) is 5. The molecule has 4 heterocycles. The number of amides is 1. The minimum Gasteiger partial charge on any atom is -0.379 e. The summed E-state index contributed by atoms with van der Waals surface area (Å²) in [4.78, 5) is 22.6. The summed E-state index contributed by atoms with van der Waals surface area (Å²) in [5.74, 6) is -0.408. The molecule has 36 heavy (non-hydrogen) atoms. The van der Waals surface area contributed by atoms with Gasteiger partial charge in [0.1, 0.15) is 11.5 Å². The van der Waals surface area contributed by atoms with Crippen LogP contribution in [-0.4, -0.2) is 77.3 Å². The predicted octanol–water partition coefficient (Wildman–Crippen LogP) is 3.99. The molecule has 2 saturated heterocycles. The molecule has 0 saturated carbocycles. The quantitative estimate of drug-likeness (QED) is 0.501. The molecule has 5 rings (SSSR count). The molecule has 192 valence electrons. The molecule has 2 aromatic heterocycles. The Bertz CT molecular complexity index is 1220. The minimum absolute atomic E-state index is 0.145. The van der Waals surface area contributed by atoms with Crippen LogP contribution in [0.25, 0.3) is 16.7 Å². The third-order valence-corrected chi connectivity index (χ3v) is 7.45. The number of carbonyl (C=O) groups excluding carboxylic acids is 1. The van der Waals surface area contributed by atoms with Crippen molar-refractivity contribution < 1.29 is 13.9 Å². The largest absolute Gasteiger partial charge is 0.379 e. The number of piperidine rings is 1. The normalized spacial score (nSPS) is 17.8. The average Bonchev–Trinajstić information content (AvgIpc) is 3.29. The molecule has 0 radical (unpaired) electrons. The number of nitrogens with one attached hydrogen (secondary N) is 1. The fourth-order valence-corrected chi connectivity index (χ4v) is 5.50. The first-order valence-corrected chi connectivity index (χ1v) is 13.8. The van der Waals surface area contributed by atoms with Crippen LogP contribution in [0.5, 0.6) is 0 Å². The van der Waals surface area contributed by atoms with Gasteiger partial charge >= 0.3 is 0 Å². The van der Waals surface area contributed by atoms with E-state index in [4.69, 9.17) is 14.8 Å². The fraction of sp³-hybridized carbons (Fsp3) is 0.500. The Labute approximate surface area is 215 Å². The lowest BCUT2D eigenvalue weighted by atomic mass is 10.00. The third-order valence-electron chi connectivity index (χ3n) is 7.06. The van der Waals surface area contributed by atoms with E-state index < -0.39 is 0 Å². The zero-order valence-electron chi connectivity index (χ0n) is 21.0. The second-order valence-corrected chi connectivity index (χ2v) is 10.3. The molecule has 1 amide bonds. The first-order valence-electron chi connectivity index (χ1n) is 12.6. The molecule has 0 spiro atoms. The van der Waals surface area contributed by atoms with Gasteiger partial charge in [-0.2, -0.15) is 5.10 Å². The van der Waals surface area contributed by atoms with Crippen molar-refractivity contribution in [3.8, 4) is 5.69 Å². The Kier molecular flexibility index (Phi) is 7.45. The van der Waals surface area contributed by atoms with Crippen molar-refractivity contribution in [2.24, 2.45) is 0 Å².